The predicted molar refractivity (Wildman–Crippen MR) is 117 cm³/mol. The number of rotatable bonds is 5. The van der Waals surface area contributed by atoms with Crippen molar-refractivity contribution in [3.05, 3.63) is 32.8 Å². The number of carbonyl (C=O) groups is 1. The SMILES string of the molecule is C[C@@H]1C[C@H](C)CN(S(=O)(=O)c2csc(C(=O)Nc3nnc(-c4ccc(Cl)s4)o3)c2)C1. The van der Waals surface area contributed by atoms with Crippen molar-refractivity contribution in [2.45, 2.75) is 25.2 Å². The van der Waals surface area contributed by atoms with Crippen LogP contribution < -0.4 is 5.32 Å². The maximum absolute atomic E-state index is 13.0. The lowest BCUT2D eigenvalue weighted by molar-refractivity contribution is 0.102. The van der Waals surface area contributed by atoms with Crippen LogP contribution >= 0.6 is 34.3 Å². The third-order valence-electron chi connectivity index (χ3n) is 4.70. The number of hydrogen-bond acceptors (Lipinski definition) is 8. The minimum atomic E-state index is -3.64. The first kappa shape index (κ1) is 21.4. The normalized spacial score (nSPS) is 20.4. The molecular formula is C18H19ClN4O4S3. The summed E-state index contributed by atoms with van der Waals surface area (Å²) < 4.78 is 33.5. The van der Waals surface area contributed by atoms with E-state index >= 15 is 0 Å². The Bertz CT molecular complexity index is 1160. The Balaban J connectivity index is 1.47. The topological polar surface area (TPSA) is 105 Å². The van der Waals surface area contributed by atoms with Gasteiger partial charge in [-0.2, -0.15) is 4.31 Å². The second-order valence-corrected chi connectivity index (χ2v) is 11.9. The molecule has 0 aliphatic carbocycles. The molecule has 3 aromatic heterocycles. The molecular weight excluding hydrogens is 468 g/mol. The number of piperidine rings is 1. The number of anilines is 1. The van der Waals surface area contributed by atoms with Crippen LogP contribution in [0.5, 0.6) is 0 Å². The Labute approximate surface area is 186 Å². The zero-order valence-electron chi connectivity index (χ0n) is 16.2. The molecule has 1 saturated heterocycles. The van der Waals surface area contributed by atoms with E-state index in [4.69, 9.17) is 16.0 Å². The molecule has 1 amide bonds. The lowest BCUT2D eigenvalue weighted by Gasteiger charge is -2.33. The summed E-state index contributed by atoms with van der Waals surface area (Å²) in [7, 11) is -3.64. The second kappa shape index (κ2) is 8.39. The number of sulfonamides is 1. The van der Waals surface area contributed by atoms with Crippen molar-refractivity contribution < 1.29 is 17.6 Å². The highest BCUT2D eigenvalue weighted by molar-refractivity contribution is 7.89. The molecule has 1 aliphatic heterocycles. The fourth-order valence-electron chi connectivity index (χ4n) is 3.49. The summed E-state index contributed by atoms with van der Waals surface area (Å²) in [5.74, 6) is 0.330. The summed E-state index contributed by atoms with van der Waals surface area (Å²) in [5.41, 5.74) is 0. The fraction of sp³-hybridized carbons (Fsp3) is 0.389. The predicted octanol–water partition coefficient (Wildman–Crippen LogP) is 4.43. The quantitative estimate of drug-likeness (QED) is 0.571. The summed E-state index contributed by atoms with van der Waals surface area (Å²) in [6.07, 6.45) is 1.01. The van der Waals surface area contributed by atoms with Crippen LogP contribution in [0.25, 0.3) is 10.8 Å². The molecule has 0 spiro atoms. The Hall–Kier alpha value is -1.79. The Morgan fingerprint density at radius 1 is 1.27 bits per heavy atom. The molecule has 4 heterocycles. The van der Waals surface area contributed by atoms with Crippen molar-refractivity contribution >= 4 is 56.2 Å². The van der Waals surface area contributed by atoms with E-state index in [0.29, 0.717) is 34.1 Å². The number of thiophene rings is 2. The number of amides is 1. The smallest absolute Gasteiger partial charge is 0.322 e. The van der Waals surface area contributed by atoms with Crippen molar-refractivity contribution in [2.24, 2.45) is 11.8 Å². The van der Waals surface area contributed by atoms with Crippen LogP contribution in [0.1, 0.15) is 29.9 Å². The van der Waals surface area contributed by atoms with Crippen molar-refractivity contribution in [1.82, 2.24) is 14.5 Å². The number of aromatic nitrogens is 2. The van der Waals surface area contributed by atoms with Gasteiger partial charge in [-0.15, -0.1) is 27.8 Å². The maximum atomic E-state index is 13.0. The van der Waals surface area contributed by atoms with Crippen molar-refractivity contribution in [3.63, 3.8) is 0 Å². The molecule has 1 N–H and O–H groups in total. The van der Waals surface area contributed by atoms with Crippen LogP contribution in [-0.2, 0) is 10.0 Å². The highest BCUT2D eigenvalue weighted by Crippen LogP contribution is 2.31. The fourth-order valence-corrected chi connectivity index (χ4v) is 7.29. The Morgan fingerprint density at radius 3 is 2.67 bits per heavy atom. The van der Waals surface area contributed by atoms with Gasteiger partial charge in [0, 0.05) is 18.5 Å². The van der Waals surface area contributed by atoms with Gasteiger partial charge in [0.15, 0.2) is 0 Å². The first-order valence-electron chi connectivity index (χ1n) is 9.21. The van der Waals surface area contributed by atoms with Crippen LogP contribution in [0.2, 0.25) is 4.34 Å². The lowest BCUT2D eigenvalue weighted by atomic mass is 9.94. The van der Waals surface area contributed by atoms with Gasteiger partial charge in [-0.1, -0.05) is 30.5 Å². The van der Waals surface area contributed by atoms with Crippen molar-refractivity contribution in [1.29, 1.82) is 0 Å². The van der Waals surface area contributed by atoms with Gasteiger partial charge in [-0.05, 0) is 36.5 Å². The van der Waals surface area contributed by atoms with Crippen LogP contribution in [0.4, 0.5) is 6.01 Å². The minimum Gasteiger partial charge on any atom is -0.402 e. The van der Waals surface area contributed by atoms with Gasteiger partial charge in [0.2, 0.25) is 10.0 Å². The molecule has 0 radical (unpaired) electrons. The number of halogens is 1. The van der Waals surface area contributed by atoms with Gasteiger partial charge in [0.1, 0.15) is 0 Å². The van der Waals surface area contributed by atoms with E-state index in [0.717, 1.165) is 17.8 Å². The Morgan fingerprint density at radius 2 is 2.00 bits per heavy atom. The first-order chi connectivity index (χ1) is 14.2. The maximum Gasteiger partial charge on any atom is 0.322 e. The van der Waals surface area contributed by atoms with Crippen LogP contribution in [0, 0.1) is 11.8 Å². The van der Waals surface area contributed by atoms with Gasteiger partial charge >= 0.3 is 6.01 Å². The lowest BCUT2D eigenvalue weighted by Crippen LogP contribution is -2.42. The van der Waals surface area contributed by atoms with E-state index in [2.05, 4.69) is 15.5 Å². The van der Waals surface area contributed by atoms with Crippen LogP contribution in [0.3, 0.4) is 0 Å². The standard InChI is InChI=1S/C18H19ClN4O4S3/c1-10-5-11(2)8-23(7-10)30(25,26)12-6-14(28-9-12)16(24)20-18-22-21-17(27-18)13-3-4-15(19)29-13/h3-4,6,9-11H,5,7-8H2,1-2H3,(H,20,22,24)/t10-,11+. The molecule has 1 aliphatic rings. The highest BCUT2D eigenvalue weighted by atomic mass is 35.5. The van der Waals surface area contributed by atoms with Crippen LogP contribution in [0.15, 0.2) is 32.9 Å². The minimum absolute atomic E-state index is 0.0731. The van der Waals surface area contributed by atoms with Crippen molar-refractivity contribution in [2.75, 3.05) is 18.4 Å². The van der Waals surface area contributed by atoms with E-state index in [1.807, 2.05) is 13.8 Å². The third kappa shape index (κ3) is 4.45. The van der Waals surface area contributed by atoms with Gasteiger partial charge in [0.25, 0.3) is 11.8 Å². The number of nitrogens with zero attached hydrogens (tertiary/aromatic N) is 3. The molecule has 4 rings (SSSR count). The van der Waals surface area contributed by atoms with E-state index in [1.54, 1.807) is 12.1 Å². The molecule has 2 atom stereocenters. The Kier molecular flexibility index (Phi) is 5.99. The molecule has 0 saturated carbocycles. The number of hydrogen-bond donors (Lipinski definition) is 1. The molecule has 0 unspecified atom stereocenters. The largest absolute Gasteiger partial charge is 0.402 e. The molecule has 30 heavy (non-hydrogen) atoms. The molecule has 0 bridgehead atoms. The zero-order valence-corrected chi connectivity index (χ0v) is 19.4. The third-order valence-corrected chi connectivity index (χ3v) is 8.81. The highest BCUT2D eigenvalue weighted by Gasteiger charge is 2.32. The zero-order chi connectivity index (χ0) is 21.5. The van der Waals surface area contributed by atoms with Gasteiger partial charge in [-0.25, -0.2) is 8.42 Å². The van der Waals surface area contributed by atoms with Crippen molar-refractivity contribution in [3.8, 4) is 10.8 Å². The first-order valence-corrected chi connectivity index (χ1v) is 12.7. The number of carbonyl (C=O) groups excluding carboxylic acids is 1. The van der Waals surface area contributed by atoms with Crippen LogP contribution in [-0.4, -0.2) is 41.9 Å². The molecule has 0 aromatic carbocycles. The monoisotopic (exact) mass is 486 g/mol. The summed E-state index contributed by atoms with van der Waals surface area (Å²) in [6.45, 7) is 5.07. The second-order valence-electron chi connectivity index (χ2n) is 7.38. The summed E-state index contributed by atoms with van der Waals surface area (Å²) in [4.78, 5) is 13.6. The van der Waals surface area contributed by atoms with Gasteiger partial charge in [-0.3, -0.25) is 10.1 Å². The van der Waals surface area contributed by atoms with Gasteiger partial charge in [0.05, 0.1) is 19.0 Å². The molecule has 3 aromatic rings. The van der Waals surface area contributed by atoms with E-state index in [1.165, 1.54) is 27.1 Å². The molecule has 8 nitrogen and oxygen atoms in total. The average Bonchev–Trinajstić information content (AvgIpc) is 3.41. The molecule has 12 heteroatoms. The van der Waals surface area contributed by atoms with E-state index in [-0.39, 0.29) is 21.7 Å². The summed E-state index contributed by atoms with van der Waals surface area (Å²) >= 11 is 8.23. The van der Waals surface area contributed by atoms with E-state index < -0.39 is 15.9 Å². The number of nitrogens with one attached hydrogen (secondary N) is 1. The average molecular weight is 487 g/mol. The summed E-state index contributed by atoms with van der Waals surface area (Å²) in [5, 5.41) is 11.7. The van der Waals surface area contributed by atoms with Gasteiger partial charge < -0.3 is 4.42 Å². The summed E-state index contributed by atoms with van der Waals surface area (Å²) in [6, 6.07) is 4.76. The molecule has 1 fully saturated rings. The molecule has 160 valence electrons. The van der Waals surface area contributed by atoms with E-state index in [9.17, 15) is 13.2 Å².